The first kappa shape index (κ1) is 12.8. The van der Waals surface area contributed by atoms with Crippen LogP contribution in [0.25, 0.3) is 0 Å². The molecule has 0 bridgehead atoms. The SMILES string of the molecule is O=C(NS(=O)(=O)c1ccc(Br)cn1)c1ccco1. The maximum atomic E-state index is 11.8. The predicted octanol–water partition coefficient (Wildman–Crippen LogP) is 1.56. The fourth-order valence-corrected chi connectivity index (χ4v) is 2.28. The summed E-state index contributed by atoms with van der Waals surface area (Å²) in [5.74, 6) is -0.930. The van der Waals surface area contributed by atoms with Crippen LogP contribution in [0.3, 0.4) is 0 Å². The molecule has 18 heavy (non-hydrogen) atoms. The molecule has 1 N–H and O–H groups in total. The van der Waals surface area contributed by atoms with E-state index in [9.17, 15) is 13.2 Å². The van der Waals surface area contributed by atoms with E-state index in [1.807, 2.05) is 4.72 Å². The van der Waals surface area contributed by atoms with E-state index in [0.717, 1.165) is 0 Å². The second kappa shape index (κ2) is 4.91. The molecule has 0 atom stereocenters. The number of pyridine rings is 1. The molecule has 0 unspecified atom stereocenters. The number of amides is 1. The Morgan fingerprint density at radius 1 is 1.33 bits per heavy atom. The van der Waals surface area contributed by atoms with Crippen molar-refractivity contribution in [2.75, 3.05) is 0 Å². The summed E-state index contributed by atoms with van der Waals surface area (Å²) in [6.45, 7) is 0. The van der Waals surface area contributed by atoms with Crippen LogP contribution in [0.5, 0.6) is 0 Å². The van der Waals surface area contributed by atoms with Crippen molar-refractivity contribution in [2.24, 2.45) is 0 Å². The zero-order valence-corrected chi connectivity index (χ0v) is 11.2. The topological polar surface area (TPSA) is 89.3 Å². The number of aromatic nitrogens is 1. The van der Waals surface area contributed by atoms with Crippen molar-refractivity contribution in [3.05, 3.63) is 47.0 Å². The highest BCUT2D eigenvalue weighted by atomic mass is 79.9. The summed E-state index contributed by atoms with van der Waals surface area (Å²) in [5, 5.41) is -0.245. The minimum Gasteiger partial charge on any atom is -0.459 e. The molecule has 1 amide bonds. The molecule has 0 aromatic carbocycles. The number of nitrogens with one attached hydrogen (secondary N) is 1. The molecule has 2 rings (SSSR count). The second-order valence-electron chi connectivity index (χ2n) is 3.23. The third-order valence-corrected chi connectivity index (χ3v) is 3.66. The molecule has 94 valence electrons. The lowest BCUT2D eigenvalue weighted by atomic mass is 10.4. The number of nitrogens with zero attached hydrogens (tertiary/aromatic N) is 1. The third-order valence-electron chi connectivity index (χ3n) is 1.95. The van der Waals surface area contributed by atoms with Gasteiger partial charge in [-0.1, -0.05) is 0 Å². The number of hydrogen-bond donors (Lipinski definition) is 1. The van der Waals surface area contributed by atoms with Crippen molar-refractivity contribution in [3.8, 4) is 0 Å². The largest absolute Gasteiger partial charge is 0.459 e. The van der Waals surface area contributed by atoms with Crippen molar-refractivity contribution in [1.29, 1.82) is 0 Å². The van der Waals surface area contributed by atoms with Gasteiger partial charge in [-0.05, 0) is 40.2 Å². The summed E-state index contributed by atoms with van der Waals surface area (Å²) < 4.78 is 30.9. The van der Waals surface area contributed by atoms with Gasteiger partial charge in [0.2, 0.25) is 0 Å². The molecule has 0 saturated heterocycles. The molecule has 0 fully saturated rings. The Balaban J connectivity index is 2.22. The van der Waals surface area contributed by atoms with Gasteiger partial charge in [-0.15, -0.1) is 0 Å². The van der Waals surface area contributed by atoms with E-state index in [-0.39, 0.29) is 10.8 Å². The summed E-state index contributed by atoms with van der Waals surface area (Å²) in [5.41, 5.74) is 0. The van der Waals surface area contributed by atoms with Crippen LogP contribution < -0.4 is 4.72 Å². The van der Waals surface area contributed by atoms with Crippen molar-refractivity contribution >= 4 is 31.9 Å². The van der Waals surface area contributed by atoms with Crippen LogP contribution in [0.1, 0.15) is 10.6 Å². The zero-order chi connectivity index (χ0) is 13.2. The summed E-state index contributed by atoms with van der Waals surface area (Å²) >= 11 is 3.13. The maximum absolute atomic E-state index is 11.8. The fraction of sp³-hybridized carbons (Fsp3) is 0. The van der Waals surface area contributed by atoms with E-state index in [2.05, 4.69) is 20.9 Å². The van der Waals surface area contributed by atoms with E-state index >= 15 is 0 Å². The van der Waals surface area contributed by atoms with Crippen molar-refractivity contribution in [1.82, 2.24) is 9.71 Å². The Hall–Kier alpha value is -1.67. The van der Waals surface area contributed by atoms with E-state index in [1.54, 1.807) is 0 Å². The first-order valence-electron chi connectivity index (χ1n) is 4.71. The lowest BCUT2D eigenvalue weighted by Crippen LogP contribution is -2.30. The van der Waals surface area contributed by atoms with Crippen LogP contribution >= 0.6 is 15.9 Å². The Bertz CT molecular complexity index is 650. The van der Waals surface area contributed by atoms with Crippen molar-refractivity contribution in [3.63, 3.8) is 0 Å². The third kappa shape index (κ3) is 2.77. The molecule has 0 saturated carbocycles. The van der Waals surface area contributed by atoms with Gasteiger partial charge in [0.05, 0.1) is 6.26 Å². The van der Waals surface area contributed by atoms with Crippen molar-refractivity contribution in [2.45, 2.75) is 5.03 Å². The van der Waals surface area contributed by atoms with Crippen molar-refractivity contribution < 1.29 is 17.6 Å². The summed E-state index contributed by atoms with van der Waals surface area (Å²) in [7, 11) is -3.99. The molecule has 6 nitrogen and oxygen atoms in total. The van der Waals surface area contributed by atoms with Gasteiger partial charge in [-0.3, -0.25) is 4.79 Å². The maximum Gasteiger partial charge on any atom is 0.300 e. The lowest BCUT2D eigenvalue weighted by Gasteiger charge is -2.04. The van der Waals surface area contributed by atoms with Gasteiger partial charge in [0.15, 0.2) is 10.8 Å². The molecule has 0 aliphatic carbocycles. The Morgan fingerprint density at radius 2 is 2.11 bits per heavy atom. The summed E-state index contributed by atoms with van der Waals surface area (Å²) in [6, 6.07) is 5.64. The van der Waals surface area contributed by atoms with Gasteiger partial charge in [0.1, 0.15) is 0 Å². The minimum absolute atomic E-state index is 0.0873. The number of sulfonamides is 1. The zero-order valence-electron chi connectivity index (χ0n) is 8.83. The predicted molar refractivity (Wildman–Crippen MR) is 65.3 cm³/mol. The van der Waals surface area contributed by atoms with Gasteiger partial charge in [0, 0.05) is 10.7 Å². The highest BCUT2D eigenvalue weighted by Gasteiger charge is 2.21. The number of rotatable bonds is 3. The number of carbonyl (C=O) groups is 1. The lowest BCUT2D eigenvalue weighted by molar-refractivity contribution is 0.0954. The molecule has 0 radical (unpaired) electrons. The average Bonchev–Trinajstić information content (AvgIpc) is 2.82. The monoisotopic (exact) mass is 330 g/mol. The van der Waals surface area contributed by atoms with Gasteiger partial charge < -0.3 is 4.42 Å². The average molecular weight is 331 g/mol. The Morgan fingerprint density at radius 3 is 2.67 bits per heavy atom. The molecule has 2 heterocycles. The smallest absolute Gasteiger partial charge is 0.300 e. The van der Waals surface area contributed by atoms with Gasteiger partial charge >= 0.3 is 5.91 Å². The van der Waals surface area contributed by atoms with E-state index in [1.165, 1.54) is 36.7 Å². The first-order chi connectivity index (χ1) is 8.49. The normalized spacial score (nSPS) is 11.2. The van der Waals surface area contributed by atoms with Gasteiger partial charge in [-0.2, -0.15) is 8.42 Å². The van der Waals surface area contributed by atoms with Crippen LogP contribution in [-0.2, 0) is 10.0 Å². The first-order valence-corrected chi connectivity index (χ1v) is 6.99. The molecule has 8 heteroatoms. The van der Waals surface area contributed by atoms with Gasteiger partial charge in [0.25, 0.3) is 10.0 Å². The summed E-state index contributed by atoms with van der Waals surface area (Å²) in [6.07, 6.45) is 2.60. The molecule has 2 aromatic heterocycles. The highest BCUT2D eigenvalue weighted by Crippen LogP contribution is 2.11. The summed E-state index contributed by atoms with van der Waals surface area (Å²) in [4.78, 5) is 15.2. The molecule has 2 aromatic rings. The number of halogens is 1. The number of carbonyl (C=O) groups excluding carboxylic acids is 1. The number of hydrogen-bond acceptors (Lipinski definition) is 5. The quantitative estimate of drug-likeness (QED) is 0.922. The van der Waals surface area contributed by atoms with E-state index in [0.29, 0.717) is 4.47 Å². The van der Waals surface area contributed by atoms with E-state index < -0.39 is 15.9 Å². The van der Waals surface area contributed by atoms with Crippen LogP contribution in [-0.4, -0.2) is 19.3 Å². The molecular weight excluding hydrogens is 324 g/mol. The van der Waals surface area contributed by atoms with Crippen LogP contribution in [0.4, 0.5) is 0 Å². The molecule has 0 spiro atoms. The van der Waals surface area contributed by atoms with Crippen LogP contribution in [0.15, 0.2) is 50.6 Å². The highest BCUT2D eigenvalue weighted by molar-refractivity contribution is 9.10. The fourth-order valence-electron chi connectivity index (χ4n) is 1.15. The second-order valence-corrected chi connectivity index (χ2v) is 5.77. The Kier molecular flexibility index (Phi) is 3.48. The standard InChI is InChI=1S/C10H7BrN2O4S/c11-7-3-4-9(12-6-7)18(15,16)13-10(14)8-2-1-5-17-8/h1-6H,(H,13,14). The molecule has 0 aliphatic heterocycles. The minimum atomic E-state index is -3.99. The molecule has 0 aliphatic rings. The van der Waals surface area contributed by atoms with Gasteiger partial charge in [-0.25, -0.2) is 9.71 Å². The number of furan rings is 1. The van der Waals surface area contributed by atoms with E-state index in [4.69, 9.17) is 4.42 Å². The van der Waals surface area contributed by atoms with Crippen LogP contribution in [0.2, 0.25) is 0 Å². The Labute approximate surface area is 111 Å². The van der Waals surface area contributed by atoms with Crippen LogP contribution in [0, 0.1) is 0 Å². The molecular formula is C10H7BrN2O4S.